The molecule has 4 rings (SSSR count). The molecular weight excluding hydrogens is 489 g/mol. The fraction of sp³-hybridized carbons (Fsp3) is 0.483. The Bertz CT molecular complexity index is 1230. The van der Waals surface area contributed by atoms with Crippen molar-refractivity contribution in [1.29, 1.82) is 5.26 Å². The lowest BCUT2D eigenvalue weighted by Crippen LogP contribution is -2.39. The number of nitrogens with one attached hydrogen (secondary N) is 1. The molecule has 1 saturated heterocycles. The van der Waals surface area contributed by atoms with E-state index in [1.807, 2.05) is 31.1 Å². The largest absolute Gasteiger partial charge is 0.389 e. The summed E-state index contributed by atoms with van der Waals surface area (Å²) in [5.74, 6) is 1.00. The second-order valence-electron chi connectivity index (χ2n) is 10.5. The number of fused-ring (bicyclic) bond motifs is 1. The van der Waals surface area contributed by atoms with Crippen molar-refractivity contribution in [3.63, 3.8) is 0 Å². The van der Waals surface area contributed by atoms with E-state index in [0.717, 1.165) is 44.5 Å². The maximum absolute atomic E-state index is 12.8. The van der Waals surface area contributed by atoms with Gasteiger partial charge in [-0.1, -0.05) is 18.2 Å². The highest BCUT2D eigenvalue weighted by Crippen LogP contribution is 2.30. The highest BCUT2D eigenvalue weighted by molar-refractivity contribution is 5.70. The Balaban J connectivity index is 1.38. The average molecular weight is 525 g/mol. The predicted molar refractivity (Wildman–Crippen MR) is 144 cm³/mol. The average Bonchev–Trinajstić information content (AvgIpc) is 3.29. The fourth-order valence-electron chi connectivity index (χ4n) is 4.98. The maximum atomic E-state index is 12.8. The van der Waals surface area contributed by atoms with Crippen molar-refractivity contribution in [2.45, 2.75) is 57.8 Å². The van der Waals surface area contributed by atoms with E-state index >= 15 is 0 Å². The van der Waals surface area contributed by atoms with Gasteiger partial charge in [-0.2, -0.15) is 18.4 Å². The summed E-state index contributed by atoms with van der Waals surface area (Å²) in [6.07, 6.45) is 2.93. The van der Waals surface area contributed by atoms with Gasteiger partial charge in [-0.3, -0.25) is 4.90 Å². The van der Waals surface area contributed by atoms with E-state index in [0.29, 0.717) is 23.9 Å². The van der Waals surface area contributed by atoms with Crippen molar-refractivity contribution in [3.8, 4) is 6.07 Å². The summed E-state index contributed by atoms with van der Waals surface area (Å²) < 4.78 is 38.5. The molecule has 1 fully saturated rings. The standard InChI is InChI=1S/C29H35F3N6/c1-20-23(7-6-22-15-21(18-33)16-26(20)22)19-38-13-9-24(10-14-38)34-28-17-25(8-11-29(30,31)32)35-27(36-28)5-4-12-37(2)3/h4-7,16-17,24H,8-15,19H2,1-3H3,(H,34,35,36)/b5-4+. The van der Waals surface area contributed by atoms with Crippen LogP contribution in [0.15, 0.2) is 29.8 Å². The van der Waals surface area contributed by atoms with E-state index in [1.54, 1.807) is 12.1 Å². The molecule has 2 heterocycles. The van der Waals surface area contributed by atoms with Crippen molar-refractivity contribution in [1.82, 2.24) is 19.8 Å². The minimum Gasteiger partial charge on any atom is -0.367 e. The molecular formula is C29H35F3N6. The first-order chi connectivity index (χ1) is 18.1. The van der Waals surface area contributed by atoms with Gasteiger partial charge in [0.1, 0.15) is 5.82 Å². The number of hydrogen-bond donors (Lipinski definition) is 1. The van der Waals surface area contributed by atoms with E-state index in [1.165, 1.54) is 22.3 Å². The Labute approximate surface area is 222 Å². The van der Waals surface area contributed by atoms with Crippen LogP contribution in [0.25, 0.3) is 12.2 Å². The number of aryl methyl sites for hydroxylation is 1. The van der Waals surface area contributed by atoms with Crippen LogP contribution >= 0.6 is 0 Å². The number of nitrogens with zero attached hydrogens (tertiary/aromatic N) is 5. The van der Waals surface area contributed by atoms with E-state index < -0.39 is 12.6 Å². The van der Waals surface area contributed by atoms with Gasteiger partial charge in [0.2, 0.25) is 0 Å². The number of likely N-dealkylation sites (tertiary alicyclic amines) is 1. The van der Waals surface area contributed by atoms with Crippen LogP contribution in [-0.4, -0.2) is 65.7 Å². The number of alkyl halides is 3. The normalized spacial score (nSPS) is 16.6. The van der Waals surface area contributed by atoms with Crippen LogP contribution in [0, 0.1) is 18.3 Å². The Morgan fingerprint density at radius 1 is 1.21 bits per heavy atom. The molecule has 0 spiro atoms. The summed E-state index contributed by atoms with van der Waals surface area (Å²) in [6.45, 7) is 5.51. The van der Waals surface area contributed by atoms with E-state index in [9.17, 15) is 18.4 Å². The number of anilines is 1. The number of hydrogen-bond acceptors (Lipinski definition) is 6. The van der Waals surface area contributed by atoms with E-state index in [4.69, 9.17) is 0 Å². The highest BCUT2D eigenvalue weighted by Gasteiger charge is 2.27. The van der Waals surface area contributed by atoms with Gasteiger partial charge in [-0.05, 0) is 74.7 Å². The van der Waals surface area contributed by atoms with Gasteiger partial charge in [0.15, 0.2) is 5.82 Å². The number of nitriles is 1. The Kier molecular flexibility index (Phi) is 8.85. The topological polar surface area (TPSA) is 68.1 Å². The molecule has 2 aliphatic rings. The zero-order valence-electron chi connectivity index (χ0n) is 22.3. The first-order valence-electron chi connectivity index (χ1n) is 13.1. The van der Waals surface area contributed by atoms with Crippen LogP contribution in [0.1, 0.15) is 53.0 Å². The maximum Gasteiger partial charge on any atom is 0.389 e. The summed E-state index contributed by atoms with van der Waals surface area (Å²) in [6, 6.07) is 8.44. The summed E-state index contributed by atoms with van der Waals surface area (Å²) in [7, 11) is 3.88. The number of allylic oxidation sites excluding steroid dienone is 1. The fourth-order valence-corrected chi connectivity index (χ4v) is 4.98. The smallest absolute Gasteiger partial charge is 0.367 e. The molecule has 0 amide bonds. The van der Waals surface area contributed by atoms with Gasteiger partial charge >= 0.3 is 6.18 Å². The van der Waals surface area contributed by atoms with Crippen LogP contribution < -0.4 is 5.32 Å². The molecule has 0 unspecified atom stereocenters. The first-order valence-corrected chi connectivity index (χ1v) is 13.1. The van der Waals surface area contributed by atoms with Crippen molar-refractivity contribution >= 4 is 18.0 Å². The molecule has 2 aromatic rings. The van der Waals surface area contributed by atoms with Crippen molar-refractivity contribution in [2.24, 2.45) is 0 Å². The summed E-state index contributed by atoms with van der Waals surface area (Å²) in [5.41, 5.74) is 6.15. The number of rotatable bonds is 9. The molecule has 1 N–H and O–H groups in total. The Morgan fingerprint density at radius 2 is 1.97 bits per heavy atom. The number of piperidine rings is 1. The van der Waals surface area contributed by atoms with Crippen molar-refractivity contribution < 1.29 is 13.2 Å². The third-order valence-electron chi connectivity index (χ3n) is 7.09. The lowest BCUT2D eigenvalue weighted by atomic mass is 9.97. The van der Waals surface area contributed by atoms with Gasteiger partial charge in [0.05, 0.1) is 6.07 Å². The third kappa shape index (κ3) is 7.65. The summed E-state index contributed by atoms with van der Waals surface area (Å²) in [4.78, 5) is 13.3. The van der Waals surface area contributed by atoms with Gasteiger partial charge < -0.3 is 10.2 Å². The predicted octanol–water partition coefficient (Wildman–Crippen LogP) is 5.39. The third-order valence-corrected chi connectivity index (χ3v) is 7.09. The van der Waals surface area contributed by atoms with Gasteiger partial charge in [0, 0.05) is 62.4 Å². The zero-order chi connectivity index (χ0) is 27.3. The number of halogens is 3. The lowest BCUT2D eigenvalue weighted by molar-refractivity contribution is -0.134. The molecule has 9 heteroatoms. The molecule has 0 bridgehead atoms. The first kappa shape index (κ1) is 27.8. The minimum atomic E-state index is -4.22. The SMILES string of the molecule is Cc1c(CN2CCC(Nc3cc(CCC(F)(F)F)nc(/C=C/CN(C)C)n3)CC2)ccc2c1C=C(C#N)C2. The van der Waals surface area contributed by atoms with Gasteiger partial charge in [-0.25, -0.2) is 9.97 Å². The molecule has 1 aromatic carbocycles. The quantitative estimate of drug-likeness (QED) is 0.474. The molecule has 0 atom stereocenters. The number of likely N-dealkylation sites (N-methyl/N-ethyl adjacent to an activating group) is 1. The minimum absolute atomic E-state index is 0.168. The Hall–Kier alpha value is -3.22. The number of benzene rings is 1. The van der Waals surface area contributed by atoms with Crippen LogP contribution in [0.3, 0.4) is 0 Å². The van der Waals surface area contributed by atoms with Crippen LogP contribution in [0.2, 0.25) is 0 Å². The molecule has 0 saturated carbocycles. The van der Waals surface area contributed by atoms with Crippen LogP contribution in [0.4, 0.5) is 19.0 Å². The molecule has 202 valence electrons. The van der Waals surface area contributed by atoms with Crippen LogP contribution in [-0.2, 0) is 19.4 Å². The van der Waals surface area contributed by atoms with Crippen molar-refractivity contribution in [2.75, 3.05) is 39.0 Å². The lowest BCUT2D eigenvalue weighted by Gasteiger charge is -2.33. The molecule has 1 aliphatic carbocycles. The second-order valence-corrected chi connectivity index (χ2v) is 10.5. The van der Waals surface area contributed by atoms with Crippen molar-refractivity contribution in [3.05, 3.63) is 63.6 Å². The second kappa shape index (κ2) is 12.1. The van der Waals surface area contributed by atoms with Gasteiger partial charge in [0.25, 0.3) is 0 Å². The summed E-state index contributed by atoms with van der Waals surface area (Å²) in [5, 5.41) is 12.7. The van der Waals surface area contributed by atoms with E-state index in [-0.39, 0.29) is 12.5 Å². The van der Waals surface area contributed by atoms with Gasteiger partial charge in [-0.15, -0.1) is 0 Å². The van der Waals surface area contributed by atoms with E-state index in [2.05, 4.69) is 45.3 Å². The zero-order valence-corrected chi connectivity index (χ0v) is 22.3. The molecule has 6 nitrogen and oxygen atoms in total. The molecule has 1 aromatic heterocycles. The molecule has 1 aliphatic heterocycles. The van der Waals surface area contributed by atoms with Crippen LogP contribution in [0.5, 0.6) is 0 Å². The Morgan fingerprint density at radius 3 is 2.66 bits per heavy atom. The number of aromatic nitrogens is 2. The molecule has 38 heavy (non-hydrogen) atoms. The highest BCUT2D eigenvalue weighted by atomic mass is 19.4. The summed E-state index contributed by atoms with van der Waals surface area (Å²) >= 11 is 0. The monoisotopic (exact) mass is 524 g/mol. The molecule has 0 radical (unpaired) electrons.